The fourth-order valence-corrected chi connectivity index (χ4v) is 5.48. The van der Waals surface area contributed by atoms with E-state index in [1.54, 1.807) is 11.8 Å². The number of fused-ring (bicyclic) bond motifs is 1. The van der Waals surface area contributed by atoms with Crippen LogP contribution in [0.5, 0.6) is 0 Å². The summed E-state index contributed by atoms with van der Waals surface area (Å²) in [5.41, 5.74) is 0.674. The van der Waals surface area contributed by atoms with Gasteiger partial charge in [-0.3, -0.25) is 15.0 Å². The number of thioether (sulfide) groups is 1. The van der Waals surface area contributed by atoms with E-state index >= 15 is 0 Å². The van der Waals surface area contributed by atoms with Gasteiger partial charge in [-0.25, -0.2) is 0 Å². The number of hydrogen-bond donors (Lipinski definition) is 3. The Bertz CT molecular complexity index is 469. The van der Waals surface area contributed by atoms with E-state index in [1.165, 1.54) is 23.4 Å². The summed E-state index contributed by atoms with van der Waals surface area (Å²) in [6.45, 7) is 5.33. The van der Waals surface area contributed by atoms with Crippen molar-refractivity contribution in [3.8, 4) is 0 Å². The molecule has 2 fully saturated rings. The van der Waals surface area contributed by atoms with Gasteiger partial charge in [-0.2, -0.15) is 0 Å². The molecule has 0 aromatic rings. The van der Waals surface area contributed by atoms with Gasteiger partial charge in [-0.1, -0.05) is 18.9 Å². The largest absolute Gasteiger partial charge is 0.309 e. The number of nitrogens with one attached hydrogen (secondary N) is 2. The molecule has 22 heavy (non-hydrogen) atoms. The second kappa shape index (κ2) is 6.81. The number of likely N-dealkylation sites (tertiary alicyclic amines) is 1. The zero-order valence-electron chi connectivity index (χ0n) is 13.6. The second-order valence-corrected chi connectivity index (χ2v) is 8.43. The number of rotatable bonds is 4. The highest BCUT2D eigenvalue weighted by molar-refractivity contribution is 8.13. The van der Waals surface area contributed by atoms with Crippen molar-refractivity contribution in [1.82, 2.24) is 10.2 Å². The summed E-state index contributed by atoms with van der Waals surface area (Å²) in [4.78, 5) is 7.57. The lowest BCUT2D eigenvalue weighted by atomic mass is 10.0. The smallest absolute Gasteiger partial charge is 0.106 e. The summed E-state index contributed by atoms with van der Waals surface area (Å²) in [5.74, 6) is 0.615. The van der Waals surface area contributed by atoms with Crippen LogP contribution in [0.25, 0.3) is 0 Å². The molecule has 6 unspecified atom stereocenters. The van der Waals surface area contributed by atoms with Gasteiger partial charge in [0.2, 0.25) is 0 Å². The minimum absolute atomic E-state index is 0.0960. The molecule has 3 rings (SSSR count). The van der Waals surface area contributed by atoms with Crippen molar-refractivity contribution in [2.45, 2.75) is 62.7 Å². The van der Waals surface area contributed by atoms with Gasteiger partial charge in [0.1, 0.15) is 6.17 Å². The third kappa shape index (κ3) is 2.98. The van der Waals surface area contributed by atoms with Gasteiger partial charge in [0.05, 0.1) is 10.3 Å². The van der Waals surface area contributed by atoms with E-state index in [1.807, 2.05) is 6.92 Å². The Balaban J connectivity index is 1.70. The lowest BCUT2D eigenvalue weighted by Gasteiger charge is -2.31. The zero-order chi connectivity index (χ0) is 15.9. The van der Waals surface area contributed by atoms with Gasteiger partial charge >= 0.3 is 0 Å². The molecule has 4 N–H and O–H groups in total. The number of nitrogens with two attached hydrogens (primary N) is 1. The molecule has 124 valence electrons. The van der Waals surface area contributed by atoms with Crippen molar-refractivity contribution in [2.24, 2.45) is 16.0 Å². The summed E-state index contributed by atoms with van der Waals surface area (Å²) < 4.78 is 0. The lowest BCUT2D eigenvalue weighted by molar-refractivity contribution is 0.149. The molecule has 6 atom stereocenters. The van der Waals surface area contributed by atoms with Crippen LogP contribution in [0, 0.1) is 11.3 Å². The minimum atomic E-state index is 0.0960. The van der Waals surface area contributed by atoms with E-state index in [-0.39, 0.29) is 5.25 Å². The monoisotopic (exact) mass is 341 g/mol. The first-order chi connectivity index (χ1) is 10.5. The predicted molar refractivity (Wildman–Crippen MR) is 97.9 cm³/mol. The van der Waals surface area contributed by atoms with Crippen molar-refractivity contribution < 1.29 is 0 Å². The maximum absolute atomic E-state index is 7.94. The van der Waals surface area contributed by atoms with Gasteiger partial charge in [-0.15, -0.1) is 11.8 Å². The topological polar surface area (TPSA) is 77.5 Å². The van der Waals surface area contributed by atoms with Crippen LogP contribution < -0.4 is 10.5 Å². The van der Waals surface area contributed by atoms with E-state index in [0.29, 0.717) is 35.9 Å². The van der Waals surface area contributed by atoms with Crippen LogP contribution in [0.3, 0.4) is 0 Å². The third-order valence-electron chi connectivity index (χ3n) is 5.31. The lowest BCUT2D eigenvalue weighted by Crippen LogP contribution is -2.42. The highest BCUT2D eigenvalue weighted by atomic mass is 32.2. The molecular formula is C15H27N5S2. The van der Waals surface area contributed by atoms with E-state index in [4.69, 9.17) is 15.5 Å². The maximum Gasteiger partial charge on any atom is 0.106 e. The first-order valence-corrected chi connectivity index (χ1v) is 10.2. The Morgan fingerprint density at radius 3 is 2.91 bits per heavy atom. The molecule has 5 nitrogen and oxygen atoms in total. The van der Waals surface area contributed by atoms with Crippen LogP contribution in [0.1, 0.15) is 33.1 Å². The van der Waals surface area contributed by atoms with Crippen molar-refractivity contribution in [3.05, 3.63) is 0 Å². The molecule has 0 aromatic heterocycles. The average molecular weight is 342 g/mol. The molecular weight excluding hydrogens is 314 g/mol. The normalized spacial score (nSPS) is 39.8. The van der Waals surface area contributed by atoms with E-state index in [0.717, 1.165) is 19.4 Å². The third-order valence-corrected chi connectivity index (χ3v) is 7.03. The molecule has 0 amide bonds. The fourth-order valence-electron chi connectivity index (χ4n) is 4.26. The summed E-state index contributed by atoms with van der Waals surface area (Å²) in [6, 6.07) is 1.42. The van der Waals surface area contributed by atoms with Crippen molar-refractivity contribution in [2.75, 3.05) is 12.8 Å². The summed E-state index contributed by atoms with van der Waals surface area (Å²) in [6.07, 6.45) is 5.88. The first-order valence-electron chi connectivity index (χ1n) is 8.08. The molecule has 2 saturated heterocycles. The summed E-state index contributed by atoms with van der Waals surface area (Å²) in [5, 5.41) is 18.9. The van der Waals surface area contributed by atoms with Gasteiger partial charge in [0, 0.05) is 36.8 Å². The standard InChI is InChI=1S/C15H27N5S2/c1-8-6-13(21-3)19-15(8)20-5-4-10-12(20)7-11(18-10)14(22-17)9(2)16/h8,10-12,14-16,18H,4-7,17H2,1-3H3. The highest BCUT2D eigenvalue weighted by Gasteiger charge is 2.48. The molecule has 3 aliphatic rings. The van der Waals surface area contributed by atoms with Crippen LogP contribution >= 0.6 is 23.7 Å². The SMILES string of the molecule is CSC1=NC(N2CCC3NC(C(SN)C(C)=N)CC32)C(C)C1. The molecule has 7 heteroatoms. The zero-order valence-corrected chi connectivity index (χ0v) is 15.2. The molecule has 0 radical (unpaired) electrons. The van der Waals surface area contributed by atoms with Crippen LogP contribution in [-0.4, -0.2) is 58.0 Å². The van der Waals surface area contributed by atoms with E-state index in [9.17, 15) is 0 Å². The van der Waals surface area contributed by atoms with Crippen molar-refractivity contribution in [1.29, 1.82) is 5.41 Å². The molecule has 3 aliphatic heterocycles. The average Bonchev–Trinajstić information content (AvgIpc) is 3.13. The Morgan fingerprint density at radius 1 is 1.55 bits per heavy atom. The number of aliphatic imine (C=N–C) groups is 1. The van der Waals surface area contributed by atoms with Gasteiger partial charge in [0.15, 0.2) is 0 Å². The Labute approximate surface area is 141 Å². The minimum Gasteiger partial charge on any atom is -0.309 e. The van der Waals surface area contributed by atoms with Crippen molar-refractivity contribution >= 4 is 34.5 Å². The quantitative estimate of drug-likeness (QED) is 0.538. The first kappa shape index (κ1) is 16.8. The van der Waals surface area contributed by atoms with Crippen molar-refractivity contribution in [3.63, 3.8) is 0 Å². The Hall–Kier alpha value is -0.0800. The van der Waals surface area contributed by atoms with E-state index in [2.05, 4.69) is 23.4 Å². The number of hydrogen-bond acceptors (Lipinski definition) is 7. The van der Waals surface area contributed by atoms with Gasteiger partial charge < -0.3 is 10.7 Å². The van der Waals surface area contributed by atoms with Crippen LogP contribution in [0.2, 0.25) is 0 Å². The molecule has 0 aliphatic carbocycles. The molecule has 0 aromatic carbocycles. The van der Waals surface area contributed by atoms with E-state index < -0.39 is 0 Å². The Morgan fingerprint density at radius 2 is 2.32 bits per heavy atom. The Kier molecular flexibility index (Phi) is 5.19. The molecule has 0 spiro atoms. The van der Waals surface area contributed by atoms with Crippen LogP contribution in [0.15, 0.2) is 4.99 Å². The summed E-state index contributed by atoms with van der Waals surface area (Å²) in [7, 11) is 0. The fraction of sp³-hybridized carbons (Fsp3) is 0.867. The maximum atomic E-state index is 7.94. The second-order valence-electron chi connectivity index (χ2n) is 6.77. The predicted octanol–water partition coefficient (Wildman–Crippen LogP) is 1.93. The molecule has 0 saturated carbocycles. The molecule has 3 heterocycles. The van der Waals surface area contributed by atoms with Gasteiger partial charge in [-0.05, 0) is 31.9 Å². The van der Waals surface area contributed by atoms with Crippen LogP contribution in [0.4, 0.5) is 0 Å². The number of nitrogens with zero attached hydrogens (tertiary/aromatic N) is 2. The summed E-state index contributed by atoms with van der Waals surface area (Å²) >= 11 is 3.11. The highest BCUT2D eigenvalue weighted by Crippen LogP contribution is 2.37. The van der Waals surface area contributed by atoms with Gasteiger partial charge in [0.25, 0.3) is 0 Å². The van der Waals surface area contributed by atoms with Crippen LogP contribution in [-0.2, 0) is 0 Å². The molecule has 0 bridgehead atoms.